The molecule has 0 bridgehead atoms. The van der Waals surface area contributed by atoms with Gasteiger partial charge in [0.1, 0.15) is 12.3 Å². The summed E-state index contributed by atoms with van der Waals surface area (Å²) in [7, 11) is 0. The van der Waals surface area contributed by atoms with Crippen molar-refractivity contribution in [3.63, 3.8) is 0 Å². The van der Waals surface area contributed by atoms with Crippen molar-refractivity contribution in [3.8, 4) is 0 Å². The molecule has 110 valence electrons. The topological polar surface area (TPSA) is 100 Å². The molecule has 21 heavy (non-hydrogen) atoms. The van der Waals surface area contributed by atoms with E-state index in [-0.39, 0.29) is 0 Å². The molecule has 0 aliphatic carbocycles. The predicted molar refractivity (Wildman–Crippen MR) is 73.3 cm³/mol. The molecule has 0 aliphatic rings. The second-order valence-corrected chi connectivity index (χ2v) is 5.25. The summed E-state index contributed by atoms with van der Waals surface area (Å²) in [4.78, 5) is 0. The SMILES string of the molecule is CCCn1nnnc1CSc1nnnn1Cc1ccco1. The first kappa shape index (κ1) is 13.7. The normalized spacial score (nSPS) is 11.1. The van der Waals surface area contributed by atoms with Crippen molar-refractivity contribution >= 4 is 11.8 Å². The van der Waals surface area contributed by atoms with Crippen LogP contribution in [-0.4, -0.2) is 40.4 Å². The molecule has 0 unspecified atom stereocenters. The molecule has 0 radical (unpaired) electrons. The minimum absolute atomic E-state index is 0.502. The highest BCUT2D eigenvalue weighted by atomic mass is 32.2. The fraction of sp³-hybridized carbons (Fsp3) is 0.455. The van der Waals surface area contributed by atoms with Crippen LogP contribution in [-0.2, 0) is 18.8 Å². The number of aryl methyl sites for hydroxylation is 1. The zero-order chi connectivity index (χ0) is 14.5. The van der Waals surface area contributed by atoms with E-state index >= 15 is 0 Å². The average Bonchev–Trinajstić information content (AvgIpc) is 3.20. The highest BCUT2D eigenvalue weighted by Gasteiger charge is 2.12. The van der Waals surface area contributed by atoms with E-state index in [1.807, 2.05) is 12.1 Å². The molecule has 3 aromatic rings. The molecule has 0 aromatic carbocycles. The summed E-state index contributed by atoms with van der Waals surface area (Å²) in [6, 6.07) is 3.73. The molecule has 0 saturated carbocycles. The van der Waals surface area contributed by atoms with Crippen molar-refractivity contribution in [1.82, 2.24) is 40.4 Å². The van der Waals surface area contributed by atoms with Gasteiger partial charge in [0, 0.05) is 6.54 Å². The first-order chi connectivity index (χ1) is 10.4. The number of hydrogen-bond acceptors (Lipinski definition) is 8. The van der Waals surface area contributed by atoms with Crippen LogP contribution in [0.25, 0.3) is 0 Å². The molecule has 3 heterocycles. The van der Waals surface area contributed by atoms with Crippen LogP contribution in [0.2, 0.25) is 0 Å². The fourth-order valence-corrected chi connectivity index (χ4v) is 2.60. The maximum atomic E-state index is 5.30. The Kier molecular flexibility index (Phi) is 4.24. The first-order valence-corrected chi connectivity index (χ1v) is 7.51. The number of furan rings is 1. The summed E-state index contributed by atoms with van der Waals surface area (Å²) >= 11 is 1.50. The Bertz CT molecular complexity index is 676. The Morgan fingerprint density at radius 2 is 2.05 bits per heavy atom. The third-order valence-electron chi connectivity index (χ3n) is 2.76. The third kappa shape index (κ3) is 3.27. The van der Waals surface area contributed by atoms with Gasteiger partial charge >= 0.3 is 0 Å². The smallest absolute Gasteiger partial charge is 0.210 e. The Morgan fingerprint density at radius 3 is 2.86 bits per heavy atom. The fourth-order valence-electron chi connectivity index (χ4n) is 1.79. The Balaban J connectivity index is 1.65. The summed E-state index contributed by atoms with van der Waals surface area (Å²) in [6.45, 7) is 3.39. The summed E-state index contributed by atoms with van der Waals surface area (Å²) in [5, 5.41) is 24.1. The molecule has 0 atom stereocenters. The van der Waals surface area contributed by atoms with Crippen LogP contribution < -0.4 is 0 Å². The molecule has 3 aromatic heterocycles. The van der Waals surface area contributed by atoms with E-state index in [1.54, 1.807) is 15.6 Å². The van der Waals surface area contributed by atoms with E-state index in [1.165, 1.54) is 11.8 Å². The Labute approximate surface area is 124 Å². The zero-order valence-electron chi connectivity index (χ0n) is 11.5. The van der Waals surface area contributed by atoms with Crippen molar-refractivity contribution in [2.45, 2.75) is 37.3 Å². The van der Waals surface area contributed by atoms with Gasteiger partial charge in [0.05, 0.1) is 12.0 Å². The van der Waals surface area contributed by atoms with Crippen molar-refractivity contribution < 1.29 is 4.42 Å². The highest BCUT2D eigenvalue weighted by molar-refractivity contribution is 7.98. The average molecular weight is 306 g/mol. The minimum Gasteiger partial charge on any atom is -0.467 e. The molecule has 0 N–H and O–H groups in total. The van der Waals surface area contributed by atoms with Crippen LogP contribution in [0.1, 0.15) is 24.9 Å². The maximum Gasteiger partial charge on any atom is 0.210 e. The lowest BCUT2D eigenvalue weighted by Crippen LogP contribution is -2.06. The van der Waals surface area contributed by atoms with Gasteiger partial charge in [-0.05, 0) is 39.4 Å². The molecular formula is C11H14N8OS. The van der Waals surface area contributed by atoms with Gasteiger partial charge in [-0.1, -0.05) is 18.7 Å². The monoisotopic (exact) mass is 306 g/mol. The van der Waals surface area contributed by atoms with E-state index in [9.17, 15) is 0 Å². The molecule has 10 heteroatoms. The van der Waals surface area contributed by atoms with Gasteiger partial charge < -0.3 is 4.42 Å². The predicted octanol–water partition coefficient (Wildman–Crippen LogP) is 1.00. The van der Waals surface area contributed by atoms with Gasteiger partial charge in [-0.2, -0.15) is 0 Å². The number of hydrogen-bond donors (Lipinski definition) is 0. The summed E-state index contributed by atoms with van der Waals surface area (Å²) in [5.74, 6) is 2.24. The van der Waals surface area contributed by atoms with Gasteiger partial charge in [-0.15, -0.1) is 10.2 Å². The van der Waals surface area contributed by atoms with Crippen LogP contribution in [0.3, 0.4) is 0 Å². The molecule has 0 spiro atoms. The molecule has 0 aliphatic heterocycles. The molecule has 0 fully saturated rings. The van der Waals surface area contributed by atoms with Gasteiger partial charge in [0.25, 0.3) is 0 Å². The van der Waals surface area contributed by atoms with E-state index in [4.69, 9.17) is 4.42 Å². The minimum atomic E-state index is 0.502. The van der Waals surface area contributed by atoms with Crippen molar-refractivity contribution in [3.05, 3.63) is 30.0 Å². The van der Waals surface area contributed by atoms with E-state index in [0.29, 0.717) is 17.5 Å². The quantitative estimate of drug-likeness (QED) is 0.596. The van der Waals surface area contributed by atoms with Gasteiger partial charge in [0.15, 0.2) is 5.82 Å². The lowest BCUT2D eigenvalue weighted by molar-refractivity contribution is 0.462. The van der Waals surface area contributed by atoms with E-state index in [0.717, 1.165) is 24.6 Å². The second kappa shape index (κ2) is 6.48. The van der Waals surface area contributed by atoms with Gasteiger partial charge in [-0.25, -0.2) is 9.36 Å². The number of rotatable bonds is 7. The number of nitrogens with zero attached hydrogens (tertiary/aromatic N) is 8. The number of aromatic nitrogens is 8. The maximum absolute atomic E-state index is 5.30. The van der Waals surface area contributed by atoms with Crippen LogP contribution in [0, 0.1) is 0 Å². The molecule has 0 saturated heterocycles. The van der Waals surface area contributed by atoms with E-state index in [2.05, 4.69) is 38.0 Å². The zero-order valence-corrected chi connectivity index (χ0v) is 12.3. The van der Waals surface area contributed by atoms with Gasteiger partial charge in [0.2, 0.25) is 5.16 Å². The Hall–Kier alpha value is -2.23. The Morgan fingerprint density at radius 1 is 1.19 bits per heavy atom. The van der Waals surface area contributed by atoms with Crippen LogP contribution in [0.4, 0.5) is 0 Å². The van der Waals surface area contributed by atoms with Gasteiger partial charge in [-0.3, -0.25) is 0 Å². The van der Waals surface area contributed by atoms with Crippen LogP contribution in [0.15, 0.2) is 28.0 Å². The summed E-state index contributed by atoms with van der Waals surface area (Å²) in [6.07, 6.45) is 2.62. The van der Waals surface area contributed by atoms with Crippen LogP contribution in [0.5, 0.6) is 0 Å². The van der Waals surface area contributed by atoms with Crippen molar-refractivity contribution in [2.75, 3.05) is 0 Å². The van der Waals surface area contributed by atoms with E-state index < -0.39 is 0 Å². The molecule has 9 nitrogen and oxygen atoms in total. The highest BCUT2D eigenvalue weighted by Crippen LogP contribution is 2.19. The molecule has 0 amide bonds. The third-order valence-corrected chi connectivity index (χ3v) is 3.71. The van der Waals surface area contributed by atoms with Crippen molar-refractivity contribution in [1.29, 1.82) is 0 Å². The summed E-state index contributed by atoms with van der Waals surface area (Å²) in [5.41, 5.74) is 0. The number of thioether (sulfide) groups is 1. The lowest BCUT2D eigenvalue weighted by Gasteiger charge is -2.03. The second-order valence-electron chi connectivity index (χ2n) is 4.31. The first-order valence-electron chi connectivity index (χ1n) is 6.53. The largest absolute Gasteiger partial charge is 0.467 e. The molecular weight excluding hydrogens is 292 g/mol. The molecule has 3 rings (SSSR count). The standard InChI is InChI=1S/C11H14N8OS/c1-2-5-18-10(12-14-16-18)8-21-11-13-15-17-19(11)7-9-4-3-6-20-9/h3-4,6H,2,5,7-8H2,1H3. The van der Waals surface area contributed by atoms with Crippen molar-refractivity contribution in [2.24, 2.45) is 0 Å². The number of tetrazole rings is 2. The lowest BCUT2D eigenvalue weighted by atomic mass is 10.4. The van der Waals surface area contributed by atoms with Crippen LogP contribution >= 0.6 is 11.8 Å². The summed E-state index contributed by atoms with van der Waals surface area (Å²) < 4.78 is 8.79.